The second kappa shape index (κ2) is 5.54. The molecule has 1 heteroatoms. The molecule has 0 rings (SSSR count). The molecular formula is C10H15N. The number of allylic oxidation sites excluding steroid dienone is 5. The zero-order valence-corrected chi connectivity index (χ0v) is 7.22. The molecule has 1 N–H and O–H groups in total. The van der Waals surface area contributed by atoms with Gasteiger partial charge in [-0.15, -0.1) is 0 Å². The minimum absolute atomic E-state index is 1.08. The quantitative estimate of drug-likeness (QED) is 0.606. The summed E-state index contributed by atoms with van der Waals surface area (Å²) in [5, 5.41) is 2.98. The van der Waals surface area contributed by atoms with Crippen molar-refractivity contribution in [1.82, 2.24) is 5.32 Å². The second-order valence-corrected chi connectivity index (χ2v) is 2.32. The average Bonchev–Trinajstić information content (AvgIpc) is 1.87. The monoisotopic (exact) mass is 149 g/mol. The smallest absolute Gasteiger partial charge is 0.0117 e. The van der Waals surface area contributed by atoms with Crippen molar-refractivity contribution in [2.24, 2.45) is 0 Å². The zero-order valence-electron chi connectivity index (χ0n) is 7.22. The van der Waals surface area contributed by atoms with Crippen molar-refractivity contribution in [3.63, 3.8) is 0 Å². The third kappa shape index (κ3) is 5.22. The molecule has 0 saturated heterocycles. The van der Waals surface area contributed by atoms with Crippen LogP contribution in [-0.2, 0) is 0 Å². The summed E-state index contributed by atoms with van der Waals surface area (Å²) < 4.78 is 0. The summed E-state index contributed by atoms with van der Waals surface area (Å²) in [5.74, 6) is 0. The second-order valence-electron chi connectivity index (χ2n) is 2.32. The van der Waals surface area contributed by atoms with E-state index < -0.39 is 0 Å². The first kappa shape index (κ1) is 9.76. The molecule has 0 atom stereocenters. The van der Waals surface area contributed by atoms with Crippen LogP contribution in [0, 0.1) is 0 Å². The van der Waals surface area contributed by atoms with Gasteiger partial charge in [-0.2, -0.15) is 0 Å². The maximum atomic E-state index is 3.61. The Morgan fingerprint density at radius 1 is 1.27 bits per heavy atom. The summed E-state index contributed by atoms with van der Waals surface area (Å²) in [7, 11) is 0. The summed E-state index contributed by atoms with van der Waals surface area (Å²) >= 11 is 0. The van der Waals surface area contributed by atoms with Gasteiger partial charge in [-0.05, 0) is 31.7 Å². The van der Waals surface area contributed by atoms with E-state index in [1.165, 1.54) is 5.57 Å². The van der Waals surface area contributed by atoms with Crippen molar-refractivity contribution in [2.75, 3.05) is 0 Å². The molecule has 0 spiro atoms. The first-order chi connectivity index (χ1) is 5.20. The van der Waals surface area contributed by atoms with E-state index in [9.17, 15) is 0 Å². The molecule has 0 aromatic carbocycles. The largest absolute Gasteiger partial charge is 0.366 e. The molecule has 0 aromatic rings. The summed E-state index contributed by atoms with van der Waals surface area (Å²) in [6.07, 6.45) is 7.41. The van der Waals surface area contributed by atoms with Gasteiger partial charge in [-0.3, -0.25) is 0 Å². The van der Waals surface area contributed by atoms with Gasteiger partial charge < -0.3 is 5.32 Å². The van der Waals surface area contributed by atoms with Crippen molar-refractivity contribution in [1.29, 1.82) is 0 Å². The SMILES string of the molecule is C=C/C=C(C)\C=C(/C)NC=C. The molecule has 0 aliphatic rings. The van der Waals surface area contributed by atoms with E-state index in [0.717, 1.165) is 5.70 Å². The van der Waals surface area contributed by atoms with Gasteiger partial charge >= 0.3 is 0 Å². The Morgan fingerprint density at radius 3 is 2.36 bits per heavy atom. The van der Waals surface area contributed by atoms with Crippen molar-refractivity contribution in [3.05, 3.63) is 48.9 Å². The topological polar surface area (TPSA) is 12.0 Å². The molecule has 11 heavy (non-hydrogen) atoms. The van der Waals surface area contributed by atoms with E-state index in [4.69, 9.17) is 0 Å². The van der Waals surface area contributed by atoms with Crippen LogP contribution in [0.3, 0.4) is 0 Å². The lowest BCUT2D eigenvalue weighted by atomic mass is 10.2. The Labute approximate surface area is 68.8 Å². The third-order valence-corrected chi connectivity index (χ3v) is 1.15. The molecule has 0 aliphatic carbocycles. The molecule has 0 aromatic heterocycles. The molecule has 1 nitrogen and oxygen atoms in total. The normalized spacial score (nSPS) is 12.5. The van der Waals surface area contributed by atoms with Gasteiger partial charge in [0.15, 0.2) is 0 Å². The molecule has 0 fully saturated rings. The Morgan fingerprint density at radius 2 is 1.91 bits per heavy atom. The van der Waals surface area contributed by atoms with Crippen LogP contribution >= 0.6 is 0 Å². The van der Waals surface area contributed by atoms with E-state index >= 15 is 0 Å². The minimum atomic E-state index is 1.08. The molecule has 0 radical (unpaired) electrons. The van der Waals surface area contributed by atoms with E-state index in [1.54, 1.807) is 12.3 Å². The zero-order chi connectivity index (χ0) is 8.69. The van der Waals surface area contributed by atoms with Crippen LogP contribution in [-0.4, -0.2) is 0 Å². The van der Waals surface area contributed by atoms with Crippen LogP contribution in [0.2, 0.25) is 0 Å². The third-order valence-electron chi connectivity index (χ3n) is 1.15. The van der Waals surface area contributed by atoms with Crippen LogP contribution in [0.1, 0.15) is 13.8 Å². The summed E-state index contributed by atoms with van der Waals surface area (Å²) in [5.41, 5.74) is 2.25. The van der Waals surface area contributed by atoms with Crippen LogP contribution in [0.4, 0.5) is 0 Å². The highest BCUT2D eigenvalue weighted by Crippen LogP contribution is 1.98. The van der Waals surface area contributed by atoms with Gasteiger partial charge in [0.2, 0.25) is 0 Å². The maximum Gasteiger partial charge on any atom is 0.0117 e. The Balaban J connectivity index is 4.16. The van der Waals surface area contributed by atoms with E-state index in [1.807, 2.05) is 26.0 Å². The van der Waals surface area contributed by atoms with E-state index in [2.05, 4.69) is 18.5 Å². The summed E-state index contributed by atoms with van der Waals surface area (Å²) in [6, 6.07) is 0. The number of hydrogen-bond donors (Lipinski definition) is 1. The van der Waals surface area contributed by atoms with Gasteiger partial charge in [0.1, 0.15) is 0 Å². The van der Waals surface area contributed by atoms with E-state index in [0.29, 0.717) is 0 Å². The summed E-state index contributed by atoms with van der Waals surface area (Å²) in [4.78, 5) is 0. The predicted octanol–water partition coefficient (Wildman–Crippen LogP) is 2.76. The van der Waals surface area contributed by atoms with Crippen molar-refractivity contribution in [3.8, 4) is 0 Å². The first-order valence-corrected chi connectivity index (χ1v) is 3.55. The number of rotatable bonds is 4. The molecule has 0 saturated carbocycles. The lowest BCUT2D eigenvalue weighted by molar-refractivity contribution is 1.06. The standard InChI is InChI=1S/C10H15N/c1-5-7-9(3)8-10(4)11-6-2/h5-8,11H,1-2H2,3-4H3/b9-7-,10-8+. The molecule has 0 heterocycles. The highest BCUT2D eigenvalue weighted by Gasteiger charge is 1.83. The fraction of sp³-hybridized carbons (Fsp3) is 0.200. The minimum Gasteiger partial charge on any atom is -0.366 e. The first-order valence-electron chi connectivity index (χ1n) is 3.55. The average molecular weight is 149 g/mol. The molecule has 0 amide bonds. The molecule has 0 aliphatic heterocycles. The lowest BCUT2D eigenvalue weighted by Crippen LogP contribution is -1.99. The van der Waals surface area contributed by atoms with Gasteiger partial charge in [0, 0.05) is 5.70 Å². The fourth-order valence-corrected chi connectivity index (χ4v) is 0.778. The molecular weight excluding hydrogens is 134 g/mol. The van der Waals surface area contributed by atoms with Gasteiger partial charge in [-0.25, -0.2) is 0 Å². The van der Waals surface area contributed by atoms with Crippen molar-refractivity contribution in [2.45, 2.75) is 13.8 Å². The molecule has 60 valence electrons. The number of hydrogen-bond acceptors (Lipinski definition) is 1. The number of nitrogens with one attached hydrogen (secondary N) is 1. The highest BCUT2D eigenvalue weighted by atomic mass is 14.8. The lowest BCUT2D eigenvalue weighted by Gasteiger charge is -1.98. The molecule has 0 bridgehead atoms. The summed E-state index contributed by atoms with van der Waals surface area (Å²) in [6.45, 7) is 11.2. The van der Waals surface area contributed by atoms with Crippen LogP contribution in [0.5, 0.6) is 0 Å². The Hall–Kier alpha value is -1.24. The Kier molecular flexibility index (Phi) is 4.91. The predicted molar refractivity (Wildman–Crippen MR) is 51.0 cm³/mol. The van der Waals surface area contributed by atoms with E-state index in [-0.39, 0.29) is 0 Å². The van der Waals surface area contributed by atoms with Gasteiger partial charge in [0.25, 0.3) is 0 Å². The maximum absolute atomic E-state index is 3.61. The fourth-order valence-electron chi connectivity index (χ4n) is 0.778. The van der Waals surface area contributed by atoms with Crippen LogP contribution in [0.25, 0.3) is 0 Å². The van der Waals surface area contributed by atoms with Crippen molar-refractivity contribution >= 4 is 0 Å². The van der Waals surface area contributed by atoms with Gasteiger partial charge in [-0.1, -0.05) is 25.3 Å². The Bertz CT molecular complexity index is 197. The molecule has 0 unspecified atom stereocenters. The highest BCUT2D eigenvalue weighted by molar-refractivity contribution is 5.23. The van der Waals surface area contributed by atoms with Crippen molar-refractivity contribution < 1.29 is 0 Å². The van der Waals surface area contributed by atoms with Crippen LogP contribution < -0.4 is 5.32 Å². The van der Waals surface area contributed by atoms with Crippen LogP contribution in [0.15, 0.2) is 48.9 Å². The van der Waals surface area contributed by atoms with Gasteiger partial charge in [0.05, 0.1) is 0 Å².